The summed E-state index contributed by atoms with van der Waals surface area (Å²) in [4.78, 5) is 11.7. The van der Waals surface area contributed by atoms with Gasteiger partial charge in [0.15, 0.2) is 0 Å². The van der Waals surface area contributed by atoms with E-state index in [1.54, 1.807) is 0 Å². The van der Waals surface area contributed by atoms with Gasteiger partial charge in [-0.15, -0.1) is 0 Å². The Kier molecular flexibility index (Phi) is 2.90. The van der Waals surface area contributed by atoms with Gasteiger partial charge in [0.25, 0.3) is 0 Å². The smallest absolute Gasteiger partial charge is 0.310 e. The molecule has 0 bridgehead atoms. The van der Waals surface area contributed by atoms with Crippen LogP contribution < -0.4 is 5.32 Å². The Bertz CT molecular complexity index is 454. The molecule has 1 saturated heterocycles. The fourth-order valence-electron chi connectivity index (χ4n) is 2.86. The van der Waals surface area contributed by atoms with Crippen LogP contribution in [0.2, 0.25) is 0 Å². The molecule has 18 heavy (non-hydrogen) atoms. The van der Waals surface area contributed by atoms with Gasteiger partial charge < -0.3 is 14.5 Å². The van der Waals surface area contributed by atoms with Gasteiger partial charge in [-0.3, -0.25) is 4.79 Å². The number of methoxy groups -OCH3 is 1. The van der Waals surface area contributed by atoms with Gasteiger partial charge in [0.2, 0.25) is 0 Å². The van der Waals surface area contributed by atoms with Gasteiger partial charge in [0.1, 0.15) is 11.5 Å². The van der Waals surface area contributed by atoms with Crippen LogP contribution in [0.15, 0.2) is 16.5 Å². The van der Waals surface area contributed by atoms with E-state index in [9.17, 15) is 4.79 Å². The molecule has 0 spiro atoms. The molecule has 2 aliphatic rings. The first-order valence-electron chi connectivity index (χ1n) is 6.59. The summed E-state index contributed by atoms with van der Waals surface area (Å²) in [6.07, 6.45) is 1.22. The fraction of sp³-hybridized carbons (Fsp3) is 0.643. The predicted molar refractivity (Wildman–Crippen MR) is 66.3 cm³/mol. The maximum atomic E-state index is 11.7. The Morgan fingerprint density at radius 3 is 2.61 bits per heavy atom. The molecule has 1 aliphatic heterocycles. The highest BCUT2D eigenvalue weighted by Gasteiger charge is 2.40. The van der Waals surface area contributed by atoms with Crippen LogP contribution in [0.5, 0.6) is 0 Å². The minimum Gasteiger partial charge on any atom is -0.469 e. The van der Waals surface area contributed by atoms with Gasteiger partial charge in [-0.1, -0.05) is 6.92 Å². The van der Waals surface area contributed by atoms with Gasteiger partial charge in [-0.05, 0) is 24.5 Å². The number of carbonyl (C=O) groups is 1. The third-order valence-corrected chi connectivity index (χ3v) is 4.21. The zero-order valence-electron chi connectivity index (χ0n) is 10.8. The molecule has 0 radical (unpaired) electrons. The highest BCUT2D eigenvalue weighted by Crippen LogP contribution is 2.48. The molecule has 2 heterocycles. The molecule has 0 aromatic carbocycles. The van der Waals surface area contributed by atoms with Crippen molar-refractivity contribution in [2.45, 2.75) is 25.2 Å². The van der Waals surface area contributed by atoms with Crippen molar-refractivity contribution >= 4 is 5.97 Å². The fourth-order valence-corrected chi connectivity index (χ4v) is 2.86. The lowest BCUT2D eigenvalue weighted by Crippen LogP contribution is -2.22. The van der Waals surface area contributed by atoms with E-state index in [0.717, 1.165) is 24.0 Å². The number of hydrogen-bond acceptors (Lipinski definition) is 4. The number of ether oxygens (including phenoxy) is 1. The van der Waals surface area contributed by atoms with Crippen molar-refractivity contribution in [2.24, 2.45) is 11.8 Å². The first kappa shape index (κ1) is 11.8. The second-order valence-corrected chi connectivity index (χ2v) is 5.45. The van der Waals surface area contributed by atoms with E-state index in [2.05, 4.69) is 18.3 Å². The maximum Gasteiger partial charge on any atom is 0.310 e. The van der Waals surface area contributed by atoms with E-state index in [1.165, 1.54) is 13.5 Å². The second-order valence-electron chi connectivity index (χ2n) is 5.45. The van der Waals surface area contributed by atoms with Crippen molar-refractivity contribution in [3.63, 3.8) is 0 Å². The highest BCUT2D eigenvalue weighted by atomic mass is 16.5. The van der Waals surface area contributed by atoms with Crippen molar-refractivity contribution in [3.8, 4) is 0 Å². The van der Waals surface area contributed by atoms with Crippen LogP contribution in [0.4, 0.5) is 0 Å². The molecular weight excluding hydrogens is 230 g/mol. The molecule has 1 N–H and O–H groups in total. The lowest BCUT2D eigenvalue weighted by Gasteiger charge is -2.13. The molecule has 1 aliphatic carbocycles. The monoisotopic (exact) mass is 249 g/mol. The number of esters is 1. The zero-order chi connectivity index (χ0) is 12.7. The highest BCUT2D eigenvalue weighted by molar-refractivity contribution is 5.74. The minimum atomic E-state index is -0.150. The van der Waals surface area contributed by atoms with Crippen LogP contribution in [-0.2, 0) is 9.53 Å². The SMILES string of the molecule is COC(=O)C1CNCC1c1ccc(C2CC2C)o1. The quantitative estimate of drug-likeness (QED) is 0.831. The molecular formula is C14H19NO3. The van der Waals surface area contributed by atoms with E-state index in [1.807, 2.05) is 6.07 Å². The van der Waals surface area contributed by atoms with Crippen molar-refractivity contribution in [1.29, 1.82) is 0 Å². The van der Waals surface area contributed by atoms with Crippen molar-refractivity contribution < 1.29 is 13.9 Å². The first-order valence-corrected chi connectivity index (χ1v) is 6.59. The zero-order valence-corrected chi connectivity index (χ0v) is 10.8. The number of hydrogen-bond donors (Lipinski definition) is 1. The predicted octanol–water partition coefficient (Wildman–Crippen LogP) is 1.88. The average Bonchev–Trinajstić information content (AvgIpc) is 2.87. The van der Waals surface area contributed by atoms with Crippen molar-refractivity contribution in [3.05, 3.63) is 23.7 Å². The van der Waals surface area contributed by atoms with Gasteiger partial charge >= 0.3 is 5.97 Å². The van der Waals surface area contributed by atoms with Gasteiger partial charge in [0, 0.05) is 24.9 Å². The Balaban J connectivity index is 1.77. The van der Waals surface area contributed by atoms with E-state index < -0.39 is 0 Å². The summed E-state index contributed by atoms with van der Waals surface area (Å²) in [5, 5.41) is 3.24. The van der Waals surface area contributed by atoms with Crippen molar-refractivity contribution in [2.75, 3.05) is 20.2 Å². The van der Waals surface area contributed by atoms with Gasteiger partial charge in [-0.25, -0.2) is 0 Å². The molecule has 1 aromatic heterocycles. The summed E-state index contributed by atoms with van der Waals surface area (Å²) in [6, 6.07) is 4.09. The Morgan fingerprint density at radius 1 is 1.33 bits per heavy atom. The van der Waals surface area contributed by atoms with Crippen LogP contribution in [0.25, 0.3) is 0 Å². The molecule has 0 amide bonds. The number of carbonyl (C=O) groups excluding carboxylic acids is 1. The Hall–Kier alpha value is -1.29. The van der Waals surface area contributed by atoms with Crippen LogP contribution in [-0.4, -0.2) is 26.2 Å². The molecule has 1 saturated carbocycles. The van der Waals surface area contributed by atoms with Crippen LogP contribution >= 0.6 is 0 Å². The molecule has 4 nitrogen and oxygen atoms in total. The summed E-state index contributed by atoms with van der Waals surface area (Å²) >= 11 is 0. The third-order valence-electron chi connectivity index (χ3n) is 4.21. The maximum absolute atomic E-state index is 11.7. The average molecular weight is 249 g/mol. The normalized spacial score (nSPS) is 34.6. The summed E-state index contributed by atoms with van der Waals surface area (Å²) < 4.78 is 10.8. The second kappa shape index (κ2) is 4.43. The van der Waals surface area contributed by atoms with E-state index in [0.29, 0.717) is 12.5 Å². The van der Waals surface area contributed by atoms with Gasteiger partial charge in [-0.2, -0.15) is 0 Å². The number of nitrogens with one attached hydrogen (secondary N) is 1. The molecule has 4 heteroatoms. The topological polar surface area (TPSA) is 51.5 Å². The van der Waals surface area contributed by atoms with E-state index >= 15 is 0 Å². The number of furan rings is 1. The standard InChI is InChI=1S/C14H19NO3/c1-8-5-9(8)12-3-4-13(18-12)10-6-15-7-11(10)14(16)17-2/h3-4,8-11,15H,5-7H2,1-2H3. The molecule has 4 unspecified atom stereocenters. The minimum absolute atomic E-state index is 0.111. The van der Waals surface area contributed by atoms with E-state index in [4.69, 9.17) is 9.15 Å². The molecule has 2 fully saturated rings. The summed E-state index contributed by atoms with van der Waals surface area (Å²) in [5.41, 5.74) is 0. The largest absolute Gasteiger partial charge is 0.469 e. The van der Waals surface area contributed by atoms with Crippen LogP contribution in [0, 0.1) is 11.8 Å². The first-order chi connectivity index (χ1) is 8.70. The number of rotatable bonds is 3. The Morgan fingerprint density at radius 2 is 2.00 bits per heavy atom. The lowest BCUT2D eigenvalue weighted by molar-refractivity contribution is -0.145. The summed E-state index contributed by atoms with van der Waals surface area (Å²) in [7, 11) is 1.44. The summed E-state index contributed by atoms with van der Waals surface area (Å²) in [6.45, 7) is 3.70. The lowest BCUT2D eigenvalue weighted by atomic mass is 9.94. The van der Waals surface area contributed by atoms with Crippen molar-refractivity contribution in [1.82, 2.24) is 5.32 Å². The molecule has 1 aromatic rings. The molecule has 3 rings (SSSR count). The van der Waals surface area contributed by atoms with Gasteiger partial charge in [0.05, 0.1) is 13.0 Å². The summed E-state index contributed by atoms with van der Waals surface area (Å²) in [5.74, 6) is 3.16. The molecule has 4 atom stereocenters. The van der Waals surface area contributed by atoms with Crippen LogP contribution in [0.1, 0.15) is 36.7 Å². The van der Waals surface area contributed by atoms with Crippen LogP contribution in [0.3, 0.4) is 0 Å². The third kappa shape index (κ3) is 1.94. The Labute approximate surface area is 107 Å². The van der Waals surface area contributed by atoms with E-state index in [-0.39, 0.29) is 17.8 Å². The molecule has 98 valence electrons.